The van der Waals surface area contributed by atoms with E-state index in [0.29, 0.717) is 6.54 Å². The largest absolute Gasteiger partial charge is 0.354 e. The molecule has 148 valence electrons. The average Bonchev–Trinajstić information content (AvgIpc) is 2.76. The minimum absolute atomic E-state index is 0.0339. The highest BCUT2D eigenvalue weighted by atomic mass is 16.1. The van der Waals surface area contributed by atoms with E-state index in [1.165, 1.54) is 5.56 Å². The number of anilines is 1. The molecule has 1 fully saturated rings. The average molecular weight is 381 g/mol. The molecule has 0 unspecified atom stereocenters. The maximum Gasteiger partial charge on any atom is 0.239 e. The van der Waals surface area contributed by atoms with Crippen molar-refractivity contribution in [3.63, 3.8) is 0 Å². The Morgan fingerprint density at radius 2 is 1.75 bits per heavy atom. The summed E-state index contributed by atoms with van der Waals surface area (Å²) < 4.78 is 0. The third-order valence-corrected chi connectivity index (χ3v) is 4.61. The van der Waals surface area contributed by atoms with Gasteiger partial charge in [-0.15, -0.1) is 0 Å². The molecule has 0 atom stereocenters. The van der Waals surface area contributed by atoms with Crippen molar-refractivity contribution in [3.05, 3.63) is 54.4 Å². The van der Waals surface area contributed by atoms with Crippen LogP contribution in [-0.4, -0.2) is 73.1 Å². The van der Waals surface area contributed by atoms with E-state index >= 15 is 0 Å². The fourth-order valence-electron chi connectivity index (χ4n) is 3.12. The molecule has 3 rings (SSSR count). The van der Waals surface area contributed by atoms with Crippen LogP contribution >= 0.6 is 0 Å². The smallest absolute Gasteiger partial charge is 0.239 e. The molecular weight excluding hydrogens is 354 g/mol. The number of hydrogen-bond donors (Lipinski definition) is 2. The second-order valence-corrected chi connectivity index (χ2v) is 6.51. The molecule has 28 heavy (non-hydrogen) atoms. The van der Waals surface area contributed by atoms with Gasteiger partial charge in [0, 0.05) is 52.2 Å². The second kappa shape index (κ2) is 10.2. The standard InChI is InChI=1S/C20H27N7O/c1-21-19(25-16-18(28)22-11-8-17-6-3-2-4-7-17)26-12-14-27(15-13-26)20-23-9-5-10-24-20/h2-7,9-10H,8,11-16H2,1H3,(H,21,25)(H,22,28). The van der Waals surface area contributed by atoms with Gasteiger partial charge in [-0.1, -0.05) is 30.3 Å². The molecule has 2 aromatic rings. The molecule has 0 bridgehead atoms. The number of guanidine groups is 1. The van der Waals surface area contributed by atoms with Crippen molar-refractivity contribution in [2.45, 2.75) is 6.42 Å². The molecule has 2 heterocycles. The molecular formula is C20H27N7O. The van der Waals surface area contributed by atoms with Gasteiger partial charge in [0.25, 0.3) is 0 Å². The summed E-state index contributed by atoms with van der Waals surface area (Å²) in [6.07, 6.45) is 4.34. The molecule has 1 aromatic carbocycles. The number of amides is 1. The third-order valence-electron chi connectivity index (χ3n) is 4.61. The van der Waals surface area contributed by atoms with E-state index in [1.54, 1.807) is 19.4 Å². The Morgan fingerprint density at radius 1 is 1.04 bits per heavy atom. The van der Waals surface area contributed by atoms with Gasteiger partial charge in [-0.3, -0.25) is 9.79 Å². The number of carbonyl (C=O) groups excluding carboxylic acids is 1. The van der Waals surface area contributed by atoms with Crippen LogP contribution in [0.1, 0.15) is 5.56 Å². The summed E-state index contributed by atoms with van der Waals surface area (Å²) in [4.78, 5) is 29.3. The lowest BCUT2D eigenvalue weighted by Crippen LogP contribution is -2.54. The van der Waals surface area contributed by atoms with Crippen molar-refractivity contribution in [1.29, 1.82) is 0 Å². The highest BCUT2D eigenvalue weighted by Gasteiger charge is 2.21. The Morgan fingerprint density at radius 3 is 2.43 bits per heavy atom. The summed E-state index contributed by atoms with van der Waals surface area (Å²) in [5.41, 5.74) is 1.21. The van der Waals surface area contributed by atoms with Crippen LogP contribution in [0, 0.1) is 0 Å². The predicted molar refractivity (Wildman–Crippen MR) is 110 cm³/mol. The summed E-state index contributed by atoms with van der Waals surface area (Å²) in [5, 5.41) is 6.10. The van der Waals surface area contributed by atoms with Crippen LogP contribution in [0.3, 0.4) is 0 Å². The van der Waals surface area contributed by atoms with Crippen LogP contribution in [0.2, 0.25) is 0 Å². The minimum atomic E-state index is -0.0339. The molecule has 0 saturated carbocycles. The van der Waals surface area contributed by atoms with Gasteiger partial charge in [0.2, 0.25) is 11.9 Å². The summed E-state index contributed by atoms with van der Waals surface area (Å²) in [6.45, 7) is 4.06. The van der Waals surface area contributed by atoms with Crippen molar-refractivity contribution < 1.29 is 4.79 Å². The molecule has 8 heteroatoms. The normalized spacial score (nSPS) is 14.7. The summed E-state index contributed by atoms with van der Waals surface area (Å²) in [5.74, 6) is 1.46. The lowest BCUT2D eigenvalue weighted by atomic mass is 10.1. The van der Waals surface area contributed by atoms with Gasteiger partial charge in [0.15, 0.2) is 5.96 Å². The maximum atomic E-state index is 12.1. The molecule has 0 aliphatic carbocycles. The van der Waals surface area contributed by atoms with Crippen LogP contribution in [0.5, 0.6) is 0 Å². The first kappa shape index (κ1) is 19.6. The number of carbonyl (C=O) groups is 1. The van der Waals surface area contributed by atoms with Gasteiger partial charge >= 0.3 is 0 Å². The minimum Gasteiger partial charge on any atom is -0.354 e. The van der Waals surface area contributed by atoms with E-state index in [-0.39, 0.29) is 12.5 Å². The van der Waals surface area contributed by atoms with E-state index in [9.17, 15) is 4.79 Å². The molecule has 1 amide bonds. The number of hydrogen-bond acceptors (Lipinski definition) is 5. The Balaban J connectivity index is 1.38. The van der Waals surface area contributed by atoms with Crippen molar-refractivity contribution in [1.82, 2.24) is 25.5 Å². The van der Waals surface area contributed by atoms with E-state index in [4.69, 9.17) is 0 Å². The molecule has 1 aliphatic heterocycles. The van der Waals surface area contributed by atoms with Crippen molar-refractivity contribution in [2.75, 3.05) is 51.2 Å². The van der Waals surface area contributed by atoms with E-state index in [0.717, 1.165) is 44.5 Å². The molecule has 1 aromatic heterocycles. The van der Waals surface area contributed by atoms with Gasteiger partial charge in [0.1, 0.15) is 0 Å². The number of piperazine rings is 1. The number of aromatic nitrogens is 2. The van der Waals surface area contributed by atoms with Crippen molar-refractivity contribution >= 4 is 17.8 Å². The van der Waals surface area contributed by atoms with Gasteiger partial charge in [-0.2, -0.15) is 0 Å². The SMILES string of the molecule is CN=C(NCC(=O)NCCc1ccccc1)N1CCN(c2ncccn2)CC1. The monoisotopic (exact) mass is 381 g/mol. The van der Waals surface area contributed by atoms with Gasteiger partial charge in [0.05, 0.1) is 6.54 Å². The van der Waals surface area contributed by atoms with Crippen LogP contribution in [0.25, 0.3) is 0 Å². The third kappa shape index (κ3) is 5.67. The van der Waals surface area contributed by atoms with Gasteiger partial charge in [-0.25, -0.2) is 9.97 Å². The van der Waals surface area contributed by atoms with Crippen LogP contribution in [0.4, 0.5) is 5.95 Å². The Labute approximate surface area is 165 Å². The van der Waals surface area contributed by atoms with Crippen LogP contribution in [0.15, 0.2) is 53.8 Å². The summed E-state index contributed by atoms with van der Waals surface area (Å²) >= 11 is 0. The summed E-state index contributed by atoms with van der Waals surface area (Å²) in [7, 11) is 1.74. The number of nitrogens with one attached hydrogen (secondary N) is 2. The molecule has 1 saturated heterocycles. The Hall–Kier alpha value is -3.16. The molecule has 1 aliphatic rings. The first-order chi connectivity index (χ1) is 13.8. The highest BCUT2D eigenvalue weighted by molar-refractivity contribution is 5.86. The topological polar surface area (TPSA) is 85.8 Å². The zero-order valence-electron chi connectivity index (χ0n) is 16.2. The predicted octanol–water partition coefficient (Wildman–Crippen LogP) is 0.533. The fraction of sp³-hybridized carbons (Fsp3) is 0.400. The lowest BCUT2D eigenvalue weighted by molar-refractivity contribution is -0.120. The summed E-state index contributed by atoms with van der Waals surface area (Å²) in [6, 6.07) is 11.9. The first-order valence-electron chi connectivity index (χ1n) is 9.54. The van der Waals surface area contributed by atoms with Gasteiger partial charge < -0.3 is 20.4 Å². The quantitative estimate of drug-likeness (QED) is 0.561. The zero-order valence-corrected chi connectivity index (χ0v) is 16.2. The molecule has 0 spiro atoms. The lowest BCUT2D eigenvalue weighted by Gasteiger charge is -2.36. The maximum absolute atomic E-state index is 12.1. The van der Waals surface area contributed by atoms with Crippen LogP contribution in [-0.2, 0) is 11.2 Å². The van der Waals surface area contributed by atoms with Gasteiger partial charge in [-0.05, 0) is 18.1 Å². The van der Waals surface area contributed by atoms with Crippen molar-refractivity contribution in [3.8, 4) is 0 Å². The molecule has 8 nitrogen and oxygen atoms in total. The Bertz CT molecular complexity index is 759. The van der Waals surface area contributed by atoms with E-state index < -0.39 is 0 Å². The van der Waals surface area contributed by atoms with E-state index in [2.05, 4.69) is 47.5 Å². The number of benzene rings is 1. The number of rotatable bonds is 6. The number of nitrogens with zero attached hydrogens (tertiary/aromatic N) is 5. The zero-order chi connectivity index (χ0) is 19.6. The fourth-order valence-corrected chi connectivity index (χ4v) is 3.12. The first-order valence-corrected chi connectivity index (χ1v) is 9.54. The molecule has 2 N–H and O–H groups in total. The van der Waals surface area contributed by atoms with Crippen LogP contribution < -0.4 is 15.5 Å². The Kier molecular flexibility index (Phi) is 7.17. The molecule has 0 radical (unpaired) electrons. The number of aliphatic imine (C=N–C) groups is 1. The van der Waals surface area contributed by atoms with E-state index in [1.807, 2.05) is 24.3 Å². The second-order valence-electron chi connectivity index (χ2n) is 6.51. The van der Waals surface area contributed by atoms with Crippen molar-refractivity contribution in [2.24, 2.45) is 4.99 Å². The highest BCUT2D eigenvalue weighted by Crippen LogP contribution is 2.09.